The van der Waals surface area contributed by atoms with Gasteiger partial charge in [0.1, 0.15) is 47.9 Å². The molecule has 6 N–H and O–H groups in total. The molecule has 2 aromatic rings. The van der Waals surface area contributed by atoms with Gasteiger partial charge in [0.05, 0.1) is 42.7 Å². The van der Waals surface area contributed by atoms with Crippen molar-refractivity contribution in [1.29, 1.82) is 0 Å². The van der Waals surface area contributed by atoms with Crippen molar-refractivity contribution in [3.05, 3.63) is 71.2 Å². The average Bonchev–Trinajstić information content (AvgIpc) is 3.67. The molecule has 2 bridgehead atoms. The van der Waals surface area contributed by atoms with Crippen LogP contribution in [0.4, 0.5) is 4.79 Å². The molecule has 6 rings (SSSR count). The van der Waals surface area contributed by atoms with Gasteiger partial charge in [0.15, 0.2) is 11.9 Å². The van der Waals surface area contributed by atoms with Crippen LogP contribution >= 0.6 is 0 Å². The van der Waals surface area contributed by atoms with Crippen LogP contribution in [0.5, 0.6) is 0 Å². The molecule has 1 amide bonds. The first kappa shape index (κ1) is 47.4. The number of methoxy groups -OCH3 is 1. The predicted molar refractivity (Wildman–Crippen MR) is 183 cm³/mol. The number of esters is 2. The number of rotatable bonds is 10. The second-order valence-electron chi connectivity index (χ2n) is 15.2. The molecule has 2 radical (unpaired) electrons. The van der Waals surface area contributed by atoms with Crippen LogP contribution in [0.3, 0.4) is 0 Å². The molecule has 1 saturated heterocycles. The molecule has 3 fully saturated rings. The number of carbonyl (C=O) groups is 4. The summed E-state index contributed by atoms with van der Waals surface area (Å²) in [5.74, 6) is -4.68. The summed E-state index contributed by atoms with van der Waals surface area (Å²) in [6.07, 6.45) is -10.3. The summed E-state index contributed by atoms with van der Waals surface area (Å²) in [6, 6.07) is 9.20. The van der Waals surface area contributed by atoms with Crippen LogP contribution in [0.25, 0.3) is 0 Å². The first-order chi connectivity index (χ1) is 25.4. The average molecular weight is 1210 g/mol. The molecule has 1 aromatic heterocycles. The zero-order chi connectivity index (χ0) is 39.4. The van der Waals surface area contributed by atoms with Gasteiger partial charge in [-0.15, -0.1) is 0 Å². The topological polar surface area (TPSA) is 241 Å². The minimum Gasteiger partial charge on any atom is -0.467 e. The van der Waals surface area contributed by atoms with Gasteiger partial charge in [-0.05, 0) is 49.3 Å². The van der Waals surface area contributed by atoms with Crippen molar-refractivity contribution in [3.8, 4) is 0 Å². The molecule has 56 heavy (non-hydrogen) atoms. The second-order valence-corrected chi connectivity index (χ2v) is 15.2. The van der Waals surface area contributed by atoms with Gasteiger partial charge in [0, 0.05) is 119 Å². The Hall–Kier alpha value is -1.28. The van der Waals surface area contributed by atoms with Crippen LogP contribution in [0.1, 0.15) is 62.7 Å². The number of benzene rings is 1. The smallest absolute Gasteiger partial charge is 0.407 e. The maximum Gasteiger partial charge on any atom is 0.407 e. The Labute approximate surface area is 395 Å². The van der Waals surface area contributed by atoms with Gasteiger partial charge in [-0.1, -0.05) is 32.0 Å². The van der Waals surface area contributed by atoms with E-state index < -0.39 is 101 Å². The van der Waals surface area contributed by atoms with Crippen molar-refractivity contribution in [2.24, 2.45) is 16.7 Å². The Bertz CT molecular complexity index is 1790. The predicted octanol–water partition coefficient (Wildman–Crippen LogP) is 1.13. The van der Waals surface area contributed by atoms with Crippen molar-refractivity contribution < 1.29 is 161 Å². The number of hydrogen-bond donors (Lipinski definition) is 6. The Balaban J connectivity index is 0.00000348. The molecule has 2 heterocycles. The normalized spacial score (nSPS) is 33.9. The zero-order valence-electron chi connectivity index (χ0n) is 31.7. The van der Waals surface area contributed by atoms with Crippen LogP contribution in [-0.2, 0) is 33.3 Å². The summed E-state index contributed by atoms with van der Waals surface area (Å²) in [7, 11) is 1.41. The standard InChI is InChI=1S/C38H47NO15.2Ac/c1-19-22(53-33(45)28(42)26(21-12-9-13-50-21)39-34(46)51-15-14-49-5)17-38(48)31(54-32(44)20-10-7-6-8-11-20)29-36(4,23(40)16-24-37(29,47)18-52-24)30(43)27(41)25(19)35(38,2)3;;/h6-13,22-24,26-29,31,40-42,47-48H,14-18H2,1-5H3,(H,39,46);;/t22-,23-,24+,26-,27+,28+,29-,31-,36+,37-,38+;;/m0../s1. The van der Waals surface area contributed by atoms with E-state index in [-0.39, 0.29) is 137 Å². The van der Waals surface area contributed by atoms with Gasteiger partial charge in [0.2, 0.25) is 0 Å². The number of ketones is 1. The maximum absolute atomic E-state index is 14.6. The van der Waals surface area contributed by atoms with Gasteiger partial charge in [0.25, 0.3) is 0 Å². The summed E-state index contributed by atoms with van der Waals surface area (Å²) in [5, 5.41) is 62.7. The summed E-state index contributed by atoms with van der Waals surface area (Å²) >= 11 is 0. The molecule has 3 aliphatic carbocycles. The Morgan fingerprint density at radius 3 is 2.27 bits per heavy atom. The monoisotopic (exact) mass is 1210 g/mol. The number of aliphatic hydroxyl groups is 5. The van der Waals surface area contributed by atoms with E-state index in [1.807, 2.05) is 0 Å². The van der Waals surface area contributed by atoms with E-state index in [4.69, 9.17) is 28.1 Å². The third kappa shape index (κ3) is 8.01. The fraction of sp³-hybridized carbons (Fsp3) is 0.579. The quantitative estimate of drug-likeness (QED) is 0.0847. The molecule has 11 atom stereocenters. The third-order valence-corrected chi connectivity index (χ3v) is 12.1. The number of aliphatic hydroxyl groups excluding tert-OH is 3. The second kappa shape index (κ2) is 18.1. The van der Waals surface area contributed by atoms with Gasteiger partial charge in [-0.25, -0.2) is 14.4 Å². The van der Waals surface area contributed by atoms with E-state index in [9.17, 15) is 44.7 Å². The Morgan fingerprint density at radius 2 is 1.68 bits per heavy atom. The van der Waals surface area contributed by atoms with E-state index >= 15 is 0 Å². The fourth-order valence-electron chi connectivity index (χ4n) is 8.88. The number of furan rings is 1. The molecule has 16 nitrogen and oxygen atoms in total. The van der Waals surface area contributed by atoms with Crippen LogP contribution in [0.2, 0.25) is 0 Å². The van der Waals surface area contributed by atoms with Crippen LogP contribution in [0.15, 0.2) is 64.3 Å². The number of carbonyl (C=O) groups excluding carboxylic acids is 4. The summed E-state index contributed by atoms with van der Waals surface area (Å²) in [4.78, 5) is 54.9. The zero-order valence-corrected chi connectivity index (χ0v) is 41.2. The molecule has 2 saturated carbocycles. The summed E-state index contributed by atoms with van der Waals surface area (Å²) in [6.45, 7) is 5.54. The molecular formula is C38H47Ac2NO15. The molecule has 0 spiro atoms. The minimum absolute atomic E-state index is 0. The minimum atomic E-state index is -2.33. The molecule has 1 aromatic carbocycles. The molecule has 4 aliphatic rings. The number of hydrogen-bond acceptors (Lipinski definition) is 15. The van der Waals surface area contributed by atoms with Gasteiger partial charge in [-0.3, -0.25) is 4.79 Å². The van der Waals surface area contributed by atoms with E-state index in [0.717, 1.165) is 0 Å². The van der Waals surface area contributed by atoms with Crippen molar-refractivity contribution in [2.75, 3.05) is 26.9 Å². The van der Waals surface area contributed by atoms with Gasteiger partial charge in [-0.2, -0.15) is 0 Å². The summed E-state index contributed by atoms with van der Waals surface area (Å²) in [5.41, 5.74) is -7.66. The van der Waals surface area contributed by atoms with Crippen LogP contribution < -0.4 is 5.32 Å². The number of nitrogens with one attached hydrogen (secondary N) is 1. The Morgan fingerprint density at radius 1 is 1.00 bits per heavy atom. The van der Waals surface area contributed by atoms with Crippen molar-refractivity contribution in [3.63, 3.8) is 0 Å². The SMILES string of the molecule is COCCOC(=O)N[C@@H](c1ccco1)[C@@H](O)C(=O)O[C@H]1C[C@@]2(O)[C@@H](OC(=O)c3ccccc3)[C@@H]3[C@]4(O)CO[C@@H]4C[C@H](O)[C@@]3(C)C(=O)[C@H](O)C(=C1C)C2(C)C.[Ac].[Ac]. The Kier molecular flexibility index (Phi) is 15.4. The first-order valence-corrected chi connectivity index (χ1v) is 17.7. The number of alkyl carbamates (subject to hydrolysis) is 1. The fourth-order valence-corrected chi connectivity index (χ4v) is 8.88. The first-order valence-electron chi connectivity index (χ1n) is 17.7. The molecular weight excluding hydrogens is 1160 g/mol. The maximum atomic E-state index is 14.6. The molecule has 1 aliphatic heterocycles. The van der Waals surface area contributed by atoms with Crippen LogP contribution in [0, 0.1) is 105 Å². The van der Waals surface area contributed by atoms with Gasteiger partial charge < -0.3 is 59.0 Å². The summed E-state index contributed by atoms with van der Waals surface area (Å²) < 4.78 is 32.9. The van der Waals surface area contributed by atoms with Crippen molar-refractivity contribution >= 4 is 23.8 Å². The largest absolute Gasteiger partial charge is 0.467 e. The third-order valence-electron chi connectivity index (χ3n) is 12.1. The number of amides is 1. The van der Waals surface area contributed by atoms with E-state index in [2.05, 4.69) is 5.32 Å². The number of fused-ring (bicyclic) bond motifs is 5. The van der Waals surface area contributed by atoms with Crippen molar-refractivity contribution in [2.45, 2.75) is 94.4 Å². The molecule has 0 unspecified atom stereocenters. The van der Waals surface area contributed by atoms with E-state index in [0.29, 0.717) is 0 Å². The number of ether oxygens (including phenoxy) is 5. The number of Topliss-reactive ketones (excluding diaryl/α,β-unsaturated/α-hetero) is 1. The van der Waals surface area contributed by atoms with Gasteiger partial charge >= 0.3 is 18.0 Å². The van der Waals surface area contributed by atoms with Crippen LogP contribution in [-0.4, -0.2) is 124 Å². The molecule has 300 valence electrons. The molecule has 18 heteroatoms. The van der Waals surface area contributed by atoms with E-state index in [1.54, 1.807) is 18.2 Å². The van der Waals surface area contributed by atoms with E-state index in [1.165, 1.54) is 65.3 Å². The van der Waals surface area contributed by atoms with Crippen molar-refractivity contribution in [1.82, 2.24) is 5.32 Å².